The van der Waals surface area contributed by atoms with Gasteiger partial charge in [-0.3, -0.25) is 9.78 Å². The molecule has 2 aromatic rings. The van der Waals surface area contributed by atoms with Gasteiger partial charge in [-0.05, 0) is 49.1 Å². The number of aromatic nitrogens is 1. The number of aryl methyl sites for hydroxylation is 1. The molecule has 30 heavy (non-hydrogen) atoms. The minimum Gasteiger partial charge on any atom is -0.454 e. The van der Waals surface area contributed by atoms with Crippen LogP contribution in [0.2, 0.25) is 0 Å². The van der Waals surface area contributed by atoms with Gasteiger partial charge < -0.3 is 10.5 Å². The first-order valence-corrected chi connectivity index (χ1v) is 10.1. The normalized spacial score (nSPS) is 17.0. The smallest absolute Gasteiger partial charge is 0.339 e. The number of hydrogen-bond acceptors (Lipinski definition) is 6. The molecule has 0 saturated heterocycles. The summed E-state index contributed by atoms with van der Waals surface area (Å²) in [6, 6.07) is 9.24. The van der Waals surface area contributed by atoms with Crippen LogP contribution in [-0.4, -0.2) is 23.3 Å². The third kappa shape index (κ3) is 4.20. The molecule has 1 aliphatic carbocycles. The van der Waals surface area contributed by atoms with E-state index in [1.807, 2.05) is 24.3 Å². The van der Waals surface area contributed by atoms with Gasteiger partial charge in [0, 0.05) is 16.8 Å². The molecule has 0 aliphatic heterocycles. The fraction of sp³-hybridized carbons (Fsp3) is 0.417. The number of ether oxygens (including phenoxy) is 1. The van der Waals surface area contributed by atoms with E-state index in [-0.39, 0.29) is 16.7 Å². The van der Waals surface area contributed by atoms with E-state index in [0.717, 1.165) is 36.0 Å². The minimum atomic E-state index is -0.606. The number of ketones is 1. The quantitative estimate of drug-likeness (QED) is 0.470. The molecule has 2 N–H and O–H groups in total. The van der Waals surface area contributed by atoms with E-state index in [1.54, 1.807) is 6.07 Å². The lowest BCUT2D eigenvalue weighted by Crippen LogP contribution is -2.29. The van der Waals surface area contributed by atoms with E-state index in [0.29, 0.717) is 16.9 Å². The summed E-state index contributed by atoms with van der Waals surface area (Å²) in [6.07, 6.45) is 2.55. The van der Waals surface area contributed by atoms with Gasteiger partial charge in [0.25, 0.3) is 0 Å². The molecule has 0 spiro atoms. The van der Waals surface area contributed by atoms with Crippen molar-refractivity contribution < 1.29 is 14.3 Å². The zero-order valence-corrected chi connectivity index (χ0v) is 17.9. The molecule has 6 nitrogen and oxygen atoms in total. The van der Waals surface area contributed by atoms with Crippen LogP contribution in [-0.2, 0) is 22.4 Å². The number of hydrogen-bond donors (Lipinski definition) is 1. The Hall–Kier alpha value is -3.20. The molecular weight excluding hydrogens is 378 g/mol. The molecule has 3 rings (SSSR count). The number of esters is 1. The number of benzene rings is 1. The molecule has 6 heteroatoms. The summed E-state index contributed by atoms with van der Waals surface area (Å²) in [5, 5.41) is 9.81. The number of fused-ring (bicyclic) bond motifs is 2. The molecule has 1 unspecified atom stereocenters. The molecule has 1 aromatic heterocycles. The number of pyridine rings is 1. The summed E-state index contributed by atoms with van der Waals surface area (Å²) in [6.45, 7) is 7.57. The van der Waals surface area contributed by atoms with Crippen molar-refractivity contribution >= 4 is 22.7 Å². The Labute approximate surface area is 176 Å². The lowest BCUT2D eigenvalue weighted by Gasteiger charge is -2.35. The van der Waals surface area contributed by atoms with Crippen molar-refractivity contribution in [3.8, 4) is 6.07 Å². The third-order valence-corrected chi connectivity index (χ3v) is 5.81. The standard InChI is InChI=1S/C24H27N3O3/c1-14(26)18(12-25)21(28)13-30-23(29)22-16-7-5-6-8-19(16)27-20-10-9-15(11-17(20)22)24(2,3)4/h5-8,15H,9-11,13,26H2,1-4H3/b18-14+. The summed E-state index contributed by atoms with van der Waals surface area (Å²) in [5.41, 5.74) is 8.64. The average molecular weight is 405 g/mol. The maximum atomic E-state index is 13.1. The highest BCUT2D eigenvalue weighted by Gasteiger charge is 2.33. The monoisotopic (exact) mass is 405 g/mol. The van der Waals surface area contributed by atoms with Crippen molar-refractivity contribution in [1.29, 1.82) is 5.26 Å². The third-order valence-electron chi connectivity index (χ3n) is 5.81. The molecular formula is C24H27N3O3. The van der Waals surface area contributed by atoms with Crippen LogP contribution in [0.25, 0.3) is 10.9 Å². The van der Waals surface area contributed by atoms with Crippen molar-refractivity contribution in [3.05, 3.63) is 52.4 Å². The summed E-state index contributed by atoms with van der Waals surface area (Å²) in [4.78, 5) is 30.2. The average Bonchev–Trinajstić information content (AvgIpc) is 2.69. The fourth-order valence-electron chi connectivity index (χ4n) is 4.01. The molecule has 1 aliphatic rings. The highest BCUT2D eigenvalue weighted by Crippen LogP contribution is 2.39. The highest BCUT2D eigenvalue weighted by molar-refractivity contribution is 6.07. The first-order chi connectivity index (χ1) is 14.1. The van der Waals surface area contributed by atoms with E-state index in [2.05, 4.69) is 20.8 Å². The molecule has 1 atom stereocenters. The van der Waals surface area contributed by atoms with Gasteiger partial charge in [0.15, 0.2) is 6.61 Å². The second kappa shape index (κ2) is 8.27. The van der Waals surface area contributed by atoms with Gasteiger partial charge in [0.2, 0.25) is 5.78 Å². The van der Waals surface area contributed by atoms with Gasteiger partial charge in [-0.15, -0.1) is 0 Å². The van der Waals surface area contributed by atoms with Gasteiger partial charge in [0.05, 0.1) is 11.1 Å². The van der Waals surface area contributed by atoms with Crippen molar-refractivity contribution in [1.82, 2.24) is 4.98 Å². The molecule has 0 bridgehead atoms. The van der Waals surface area contributed by atoms with Gasteiger partial charge in [-0.1, -0.05) is 39.0 Å². The van der Waals surface area contributed by atoms with Crippen LogP contribution in [0.4, 0.5) is 0 Å². The summed E-state index contributed by atoms with van der Waals surface area (Å²) in [5.74, 6) is -0.764. The van der Waals surface area contributed by atoms with Gasteiger partial charge >= 0.3 is 5.97 Å². The number of para-hydroxylation sites is 1. The topological polar surface area (TPSA) is 106 Å². The van der Waals surface area contributed by atoms with Gasteiger partial charge in [-0.25, -0.2) is 4.79 Å². The van der Waals surface area contributed by atoms with Crippen LogP contribution in [0.5, 0.6) is 0 Å². The molecule has 156 valence electrons. The van der Waals surface area contributed by atoms with E-state index in [4.69, 9.17) is 20.7 Å². The van der Waals surface area contributed by atoms with E-state index in [9.17, 15) is 9.59 Å². The van der Waals surface area contributed by atoms with Crippen LogP contribution in [0, 0.1) is 22.7 Å². The molecule has 0 saturated carbocycles. The van der Waals surface area contributed by atoms with Crippen molar-refractivity contribution in [3.63, 3.8) is 0 Å². The molecule has 0 amide bonds. The van der Waals surface area contributed by atoms with Crippen LogP contribution in [0.1, 0.15) is 55.7 Å². The predicted octanol–water partition coefficient (Wildman–Crippen LogP) is 3.87. The number of nitriles is 1. The zero-order valence-electron chi connectivity index (χ0n) is 17.9. The Balaban J connectivity index is 2.00. The Morgan fingerprint density at radius 2 is 2.00 bits per heavy atom. The lowest BCUT2D eigenvalue weighted by molar-refractivity contribution is -0.118. The van der Waals surface area contributed by atoms with Crippen molar-refractivity contribution in [2.75, 3.05) is 6.61 Å². The SMILES string of the molecule is C/C(N)=C(/C#N)C(=O)COC(=O)c1c2c(nc3ccccc13)CCC(C(C)(C)C)C2. The Kier molecular flexibility index (Phi) is 5.93. The first-order valence-electron chi connectivity index (χ1n) is 10.1. The number of rotatable bonds is 4. The van der Waals surface area contributed by atoms with Crippen LogP contribution >= 0.6 is 0 Å². The maximum Gasteiger partial charge on any atom is 0.339 e. The second-order valence-corrected chi connectivity index (χ2v) is 8.90. The molecule has 0 radical (unpaired) electrons. The fourth-order valence-corrected chi connectivity index (χ4v) is 4.01. The molecule has 1 aromatic carbocycles. The number of nitrogens with zero attached hydrogens (tertiary/aromatic N) is 2. The van der Waals surface area contributed by atoms with Gasteiger partial charge in [-0.2, -0.15) is 5.26 Å². The molecule has 0 fully saturated rings. The summed E-state index contributed by atoms with van der Waals surface area (Å²) in [7, 11) is 0. The van der Waals surface area contributed by atoms with Crippen LogP contribution < -0.4 is 5.73 Å². The summed E-state index contributed by atoms with van der Waals surface area (Å²) >= 11 is 0. The lowest BCUT2D eigenvalue weighted by atomic mass is 9.70. The number of nitrogens with two attached hydrogens (primary N) is 1. The Morgan fingerprint density at radius 3 is 2.63 bits per heavy atom. The number of allylic oxidation sites excluding steroid dienone is 1. The predicted molar refractivity (Wildman–Crippen MR) is 115 cm³/mol. The van der Waals surface area contributed by atoms with E-state index in [1.165, 1.54) is 6.92 Å². The highest BCUT2D eigenvalue weighted by atomic mass is 16.5. The van der Waals surface area contributed by atoms with Crippen molar-refractivity contribution in [2.45, 2.75) is 47.0 Å². The van der Waals surface area contributed by atoms with Crippen LogP contribution in [0.3, 0.4) is 0 Å². The van der Waals surface area contributed by atoms with E-state index >= 15 is 0 Å². The second-order valence-electron chi connectivity index (χ2n) is 8.90. The Morgan fingerprint density at radius 1 is 1.30 bits per heavy atom. The summed E-state index contributed by atoms with van der Waals surface area (Å²) < 4.78 is 5.36. The Bertz CT molecular complexity index is 1080. The van der Waals surface area contributed by atoms with Gasteiger partial charge in [0.1, 0.15) is 11.6 Å². The maximum absolute atomic E-state index is 13.1. The number of carbonyl (C=O) groups is 2. The number of carbonyl (C=O) groups excluding carboxylic acids is 2. The van der Waals surface area contributed by atoms with Crippen molar-refractivity contribution in [2.24, 2.45) is 17.1 Å². The zero-order chi connectivity index (χ0) is 22.1. The first kappa shape index (κ1) is 21.5. The molecule has 1 heterocycles. The van der Waals surface area contributed by atoms with Crippen LogP contribution in [0.15, 0.2) is 35.5 Å². The number of Topliss-reactive ketones (excluding diaryl/α,β-unsaturated/α-hetero) is 1. The largest absolute Gasteiger partial charge is 0.454 e. The minimum absolute atomic E-state index is 0.103. The van der Waals surface area contributed by atoms with E-state index < -0.39 is 18.4 Å².